The van der Waals surface area contributed by atoms with Crippen LogP contribution in [0.5, 0.6) is 11.5 Å². The number of ether oxygens (including phenoxy) is 3. The Kier molecular flexibility index (Phi) is 4.45. The number of carbonyl (C=O) groups is 2. The SMILES string of the molecule is CC(C)C(=O)OCC(=O)NCc1ccc2c(c1)OCO2. The third kappa shape index (κ3) is 3.63. The van der Waals surface area contributed by atoms with E-state index in [4.69, 9.17) is 14.2 Å². The summed E-state index contributed by atoms with van der Waals surface area (Å²) in [6, 6.07) is 5.44. The van der Waals surface area contributed by atoms with Crippen molar-refractivity contribution in [2.24, 2.45) is 5.92 Å². The quantitative estimate of drug-likeness (QED) is 0.821. The molecule has 1 aliphatic heterocycles. The van der Waals surface area contributed by atoms with Gasteiger partial charge in [0, 0.05) is 6.54 Å². The van der Waals surface area contributed by atoms with E-state index in [1.165, 1.54) is 0 Å². The third-order valence-corrected chi connectivity index (χ3v) is 2.74. The number of carbonyl (C=O) groups excluding carboxylic acids is 2. The van der Waals surface area contributed by atoms with E-state index in [0.29, 0.717) is 18.0 Å². The van der Waals surface area contributed by atoms with E-state index >= 15 is 0 Å². The molecule has 0 aliphatic carbocycles. The predicted octanol–water partition coefficient (Wildman–Crippen LogP) is 1.23. The van der Waals surface area contributed by atoms with E-state index in [-0.39, 0.29) is 31.2 Å². The summed E-state index contributed by atoms with van der Waals surface area (Å²) in [4.78, 5) is 22.7. The second-order valence-electron chi connectivity index (χ2n) is 4.73. The van der Waals surface area contributed by atoms with Gasteiger partial charge in [0.2, 0.25) is 6.79 Å². The van der Waals surface area contributed by atoms with Crippen LogP contribution in [0.15, 0.2) is 18.2 Å². The average Bonchev–Trinajstić information content (AvgIpc) is 2.89. The fourth-order valence-corrected chi connectivity index (χ4v) is 1.61. The fraction of sp³-hybridized carbons (Fsp3) is 0.429. The van der Waals surface area contributed by atoms with Gasteiger partial charge in [-0.15, -0.1) is 0 Å². The van der Waals surface area contributed by atoms with E-state index in [2.05, 4.69) is 5.32 Å². The summed E-state index contributed by atoms with van der Waals surface area (Å²) < 4.78 is 15.3. The van der Waals surface area contributed by atoms with Crippen molar-refractivity contribution < 1.29 is 23.8 Å². The molecule has 1 heterocycles. The first-order chi connectivity index (χ1) is 9.56. The van der Waals surface area contributed by atoms with Crippen molar-refractivity contribution in [2.45, 2.75) is 20.4 Å². The minimum absolute atomic E-state index is 0.219. The van der Waals surface area contributed by atoms with Gasteiger partial charge >= 0.3 is 5.97 Å². The number of hydrogen-bond acceptors (Lipinski definition) is 5. The molecule has 1 aromatic carbocycles. The highest BCUT2D eigenvalue weighted by Crippen LogP contribution is 2.32. The van der Waals surface area contributed by atoms with Crippen molar-refractivity contribution in [1.29, 1.82) is 0 Å². The number of fused-ring (bicyclic) bond motifs is 1. The largest absolute Gasteiger partial charge is 0.455 e. The summed E-state index contributed by atoms with van der Waals surface area (Å²) >= 11 is 0. The first-order valence-corrected chi connectivity index (χ1v) is 6.38. The van der Waals surface area contributed by atoms with Crippen molar-refractivity contribution in [1.82, 2.24) is 5.32 Å². The number of amides is 1. The second kappa shape index (κ2) is 6.27. The fourth-order valence-electron chi connectivity index (χ4n) is 1.61. The van der Waals surface area contributed by atoms with Crippen LogP contribution in [0.2, 0.25) is 0 Å². The van der Waals surface area contributed by atoms with Gasteiger partial charge in [-0.1, -0.05) is 19.9 Å². The molecular formula is C14H17NO5. The molecule has 1 aliphatic rings. The molecule has 0 spiro atoms. The monoisotopic (exact) mass is 279 g/mol. The van der Waals surface area contributed by atoms with E-state index in [0.717, 1.165) is 5.56 Å². The van der Waals surface area contributed by atoms with Crippen LogP contribution in [0.3, 0.4) is 0 Å². The van der Waals surface area contributed by atoms with E-state index in [9.17, 15) is 9.59 Å². The molecule has 1 aromatic rings. The van der Waals surface area contributed by atoms with E-state index in [1.807, 2.05) is 12.1 Å². The van der Waals surface area contributed by atoms with Crippen molar-refractivity contribution in [2.75, 3.05) is 13.4 Å². The number of nitrogens with one attached hydrogen (secondary N) is 1. The lowest BCUT2D eigenvalue weighted by atomic mass is 10.2. The predicted molar refractivity (Wildman–Crippen MR) is 70.2 cm³/mol. The topological polar surface area (TPSA) is 73.9 Å². The lowest BCUT2D eigenvalue weighted by Gasteiger charge is -2.08. The molecule has 0 saturated carbocycles. The maximum atomic E-state index is 11.5. The van der Waals surface area contributed by atoms with Crippen LogP contribution in [0.4, 0.5) is 0 Å². The molecule has 6 heteroatoms. The Morgan fingerprint density at radius 2 is 2.05 bits per heavy atom. The molecule has 20 heavy (non-hydrogen) atoms. The van der Waals surface area contributed by atoms with Crippen LogP contribution in [-0.4, -0.2) is 25.3 Å². The summed E-state index contributed by atoms with van der Waals surface area (Å²) in [5.74, 6) is 0.408. The molecule has 108 valence electrons. The van der Waals surface area contributed by atoms with E-state index in [1.54, 1.807) is 19.9 Å². The third-order valence-electron chi connectivity index (χ3n) is 2.74. The molecular weight excluding hydrogens is 262 g/mol. The maximum absolute atomic E-state index is 11.5. The molecule has 1 amide bonds. The molecule has 0 aromatic heterocycles. The summed E-state index contributed by atoms with van der Waals surface area (Å²) in [5, 5.41) is 2.67. The zero-order chi connectivity index (χ0) is 14.5. The Morgan fingerprint density at radius 3 is 2.80 bits per heavy atom. The number of benzene rings is 1. The molecule has 0 bridgehead atoms. The van der Waals surface area contributed by atoms with E-state index < -0.39 is 0 Å². The van der Waals surface area contributed by atoms with Crippen molar-refractivity contribution in [3.05, 3.63) is 23.8 Å². The second-order valence-corrected chi connectivity index (χ2v) is 4.73. The van der Waals surface area contributed by atoms with Gasteiger partial charge in [0.15, 0.2) is 18.1 Å². The number of hydrogen-bond donors (Lipinski definition) is 1. The Balaban J connectivity index is 1.77. The van der Waals surface area contributed by atoms with Crippen LogP contribution >= 0.6 is 0 Å². The molecule has 2 rings (SSSR count). The van der Waals surface area contributed by atoms with Crippen LogP contribution in [0.25, 0.3) is 0 Å². The smallest absolute Gasteiger partial charge is 0.308 e. The summed E-state index contributed by atoms with van der Waals surface area (Å²) in [5.41, 5.74) is 0.887. The standard InChI is InChI=1S/C14H17NO5/c1-9(2)14(17)18-7-13(16)15-6-10-3-4-11-12(5-10)20-8-19-11/h3-5,9H,6-8H2,1-2H3,(H,15,16). The van der Waals surface area contributed by atoms with Gasteiger partial charge in [-0.05, 0) is 17.7 Å². The van der Waals surface area contributed by atoms with Gasteiger partial charge in [0.05, 0.1) is 5.92 Å². The Bertz CT molecular complexity index is 512. The Morgan fingerprint density at radius 1 is 1.30 bits per heavy atom. The van der Waals surface area contributed by atoms with Gasteiger partial charge in [-0.2, -0.15) is 0 Å². The van der Waals surface area contributed by atoms with Gasteiger partial charge in [-0.3, -0.25) is 9.59 Å². The zero-order valence-corrected chi connectivity index (χ0v) is 11.5. The Hall–Kier alpha value is -2.24. The van der Waals surface area contributed by atoms with Crippen LogP contribution in [0.1, 0.15) is 19.4 Å². The zero-order valence-electron chi connectivity index (χ0n) is 11.5. The molecule has 0 fully saturated rings. The van der Waals surface area contributed by atoms with Gasteiger partial charge in [0.1, 0.15) is 0 Å². The lowest BCUT2D eigenvalue weighted by molar-refractivity contribution is -0.151. The summed E-state index contributed by atoms with van der Waals surface area (Å²) in [6.45, 7) is 3.73. The van der Waals surface area contributed by atoms with Crippen LogP contribution in [-0.2, 0) is 20.9 Å². The summed E-state index contributed by atoms with van der Waals surface area (Å²) in [7, 11) is 0. The highest BCUT2D eigenvalue weighted by atomic mass is 16.7. The normalized spacial score (nSPS) is 12.3. The lowest BCUT2D eigenvalue weighted by Crippen LogP contribution is -2.29. The minimum Gasteiger partial charge on any atom is -0.455 e. The van der Waals surface area contributed by atoms with Gasteiger partial charge in [-0.25, -0.2) is 0 Å². The highest BCUT2D eigenvalue weighted by Gasteiger charge is 2.14. The summed E-state index contributed by atoms with van der Waals surface area (Å²) in [6.07, 6.45) is 0. The van der Waals surface area contributed by atoms with Crippen molar-refractivity contribution >= 4 is 11.9 Å². The maximum Gasteiger partial charge on any atom is 0.308 e. The van der Waals surface area contributed by atoms with Crippen LogP contribution < -0.4 is 14.8 Å². The first kappa shape index (κ1) is 14.2. The molecule has 0 saturated heterocycles. The molecule has 0 atom stereocenters. The molecule has 6 nitrogen and oxygen atoms in total. The number of rotatable bonds is 5. The molecule has 1 N–H and O–H groups in total. The average molecular weight is 279 g/mol. The van der Waals surface area contributed by atoms with Crippen molar-refractivity contribution in [3.8, 4) is 11.5 Å². The Labute approximate surface area is 117 Å². The minimum atomic E-state index is -0.386. The highest BCUT2D eigenvalue weighted by molar-refractivity contribution is 5.80. The molecule has 0 unspecified atom stereocenters. The van der Waals surface area contributed by atoms with Gasteiger partial charge in [0.25, 0.3) is 5.91 Å². The van der Waals surface area contributed by atoms with Crippen LogP contribution in [0, 0.1) is 5.92 Å². The molecule has 0 radical (unpaired) electrons. The van der Waals surface area contributed by atoms with Crippen molar-refractivity contribution in [3.63, 3.8) is 0 Å². The number of esters is 1. The first-order valence-electron chi connectivity index (χ1n) is 6.38. The van der Waals surface area contributed by atoms with Gasteiger partial charge < -0.3 is 19.5 Å².